The Balaban J connectivity index is 2.75. The molecule has 2 aromatic rings. The summed E-state index contributed by atoms with van der Waals surface area (Å²) in [4.78, 5) is 11.3. The lowest BCUT2D eigenvalue weighted by molar-refractivity contribution is 0.112. The molecule has 0 bridgehead atoms. The number of benzene rings is 2. The molecule has 0 aliphatic carbocycles. The summed E-state index contributed by atoms with van der Waals surface area (Å²) in [5, 5.41) is 0. The van der Waals surface area contributed by atoms with Gasteiger partial charge in [0.25, 0.3) is 0 Å². The summed E-state index contributed by atoms with van der Waals surface area (Å²) >= 11 is 0. The third-order valence-corrected chi connectivity index (χ3v) is 3.33. The molecular weight excluding hydrogens is 268 g/mol. The third kappa shape index (κ3) is 2.70. The maximum absolute atomic E-state index is 11.3. The Morgan fingerprint density at radius 3 is 2.14 bits per heavy atom. The monoisotopic (exact) mass is 286 g/mol. The summed E-state index contributed by atoms with van der Waals surface area (Å²) in [6.07, 6.45) is 0.838. The highest BCUT2D eigenvalue weighted by Gasteiger charge is 2.18. The van der Waals surface area contributed by atoms with Crippen molar-refractivity contribution in [3.05, 3.63) is 41.5 Å². The molecule has 0 atom stereocenters. The van der Waals surface area contributed by atoms with Crippen LogP contribution in [0.1, 0.15) is 15.9 Å². The minimum atomic E-state index is 0.510. The van der Waals surface area contributed by atoms with Crippen LogP contribution in [0.2, 0.25) is 0 Å². The van der Waals surface area contributed by atoms with Crippen LogP contribution < -0.4 is 14.2 Å². The van der Waals surface area contributed by atoms with Gasteiger partial charge in [-0.1, -0.05) is 23.8 Å². The maximum atomic E-state index is 11.3. The van der Waals surface area contributed by atoms with E-state index in [9.17, 15) is 4.79 Å². The smallest absolute Gasteiger partial charge is 0.203 e. The van der Waals surface area contributed by atoms with Crippen LogP contribution in [0.15, 0.2) is 30.3 Å². The minimum Gasteiger partial charge on any atom is -0.493 e. The molecule has 4 nitrogen and oxygen atoms in total. The van der Waals surface area contributed by atoms with Crippen molar-refractivity contribution in [3.8, 4) is 28.4 Å². The van der Waals surface area contributed by atoms with Gasteiger partial charge in [-0.15, -0.1) is 0 Å². The molecule has 2 rings (SSSR count). The van der Waals surface area contributed by atoms with Gasteiger partial charge in [0.05, 0.1) is 21.3 Å². The van der Waals surface area contributed by atoms with Crippen molar-refractivity contribution in [2.45, 2.75) is 6.92 Å². The van der Waals surface area contributed by atoms with E-state index in [2.05, 4.69) is 0 Å². The van der Waals surface area contributed by atoms with Crippen molar-refractivity contribution in [3.63, 3.8) is 0 Å². The predicted octanol–water partition coefficient (Wildman–Crippen LogP) is 3.50. The second kappa shape index (κ2) is 6.31. The average molecular weight is 286 g/mol. The van der Waals surface area contributed by atoms with Gasteiger partial charge in [0.15, 0.2) is 17.8 Å². The summed E-state index contributed by atoms with van der Waals surface area (Å²) < 4.78 is 16.1. The van der Waals surface area contributed by atoms with Gasteiger partial charge in [0, 0.05) is 11.1 Å². The van der Waals surface area contributed by atoms with Gasteiger partial charge in [-0.25, -0.2) is 0 Å². The first-order valence-corrected chi connectivity index (χ1v) is 6.51. The fraction of sp³-hybridized carbons (Fsp3) is 0.235. The SMILES string of the molecule is COc1ccc(-c2cc(C)ccc2C=O)c(OC)c1OC. The molecular formula is C17H18O4. The van der Waals surface area contributed by atoms with E-state index in [4.69, 9.17) is 14.2 Å². The first-order chi connectivity index (χ1) is 10.2. The number of aryl methyl sites for hydroxylation is 1. The van der Waals surface area contributed by atoms with E-state index in [1.54, 1.807) is 33.5 Å². The number of hydrogen-bond donors (Lipinski definition) is 0. The number of rotatable bonds is 5. The van der Waals surface area contributed by atoms with Crippen molar-refractivity contribution in [2.75, 3.05) is 21.3 Å². The van der Waals surface area contributed by atoms with E-state index in [1.807, 2.05) is 25.1 Å². The first kappa shape index (κ1) is 14.9. The van der Waals surface area contributed by atoms with Crippen molar-refractivity contribution in [1.29, 1.82) is 0 Å². The molecule has 0 saturated heterocycles. The second-order valence-corrected chi connectivity index (χ2v) is 4.59. The first-order valence-electron chi connectivity index (χ1n) is 6.51. The number of carbonyl (C=O) groups excluding carboxylic acids is 1. The molecule has 0 unspecified atom stereocenters. The van der Waals surface area contributed by atoms with Gasteiger partial charge in [-0.3, -0.25) is 4.79 Å². The molecule has 0 radical (unpaired) electrons. The van der Waals surface area contributed by atoms with Gasteiger partial charge < -0.3 is 14.2 Å². The van der Waals surface area contributed by atoms with Gasteiger partial charge in [-0.05, 0) is 24.6 Å². The van der Waals surface area contributed by atoms with Gasteiger partial charge >= 0.3 is 0 Å². The zero-order valence-electron chi connectivity index (χ0n) is 12.6. The molecule has 110 valence electrons. The zero-order chi connectivity index (χ0) is 15.4. The summed E-state index contributed by atoms with van der Waals surface area (Å²) in [6.45, 7) is 1.98. The molecule has 0 fully saturated rings. The fourth-order valence-electron chi connectivity index (χ4n) is 2.32. The molecule has 0 aliphatic heterocycles. The van der Waals surface area contributed by atoms with E-state index in [1.165, 1.54) is 0 Å². The molecule has 0 aliphatic rings. The summed E-state index contributed by atoms with van der Waals surface area (Å²) in [5.41, 5.74) is 3.27. The molecule has 4 heteroatoms. The van der Waals surface area contributed by atoms with Crippen LogP contribution in [0.5, 0.6) is 17.2 Å². The van der Waals surface area contributed by atoms with Crippen LogP contribution in [0.25, 0.3) is 11.1 Å². The summed E-state index contributed by atoms with van der Waals surface area (Å²) in [5.74, 6) is 1.64. The van der Waals surface area contributed by atoms with E-state index in [-0.39, 0.29) is 0 Å². The molecule has 0 amide bonds. The summed E-state index contributed by atoms with van der Waals surface area (Å²) in [7, 11) is 4.69. The van der Waals surface area contributed by atoms with Crippen LogP contribution in [0.4, 0.5) is 0 Å². The molecule has 2 aromatic carbocycles. The second-order valence-electron chi connectivity index (χ2n) is 4.59. The summed E-state index contributed by atoms with van der Waals surface area (Å²) in [6, 6.07) is 9.32. The van der Waals surface area contributed by atoms with Crippen LogP contribution >= 0.6 is 0 Å². The van der Waals surface area contributed by atoms with Crippen molar-refractivity contribution in [1.82, 2.24) is 0 Å². The van der Waals surface area contributed by atoms with Gasteiger partial charge in [0.1, 0.15) is 0 Å². The van der Waals surface area contributed by atoms with E-state index < -0.39 is 0 Å². The molecule has 0 saturated carbocycles. The Morgan fingerprint density at radius 1 is 0.857 bits per heavy atom. The lowest BCUT2D eigenvalue weighted by Crippen LogP contribution is -1.98. The maximum Gasteiger partial charge on any atom is 0.203 e. The minimum absolute atomic E-state index is 0.510. The van der Waals surface area contributed by atoms with E-state index in [0.29, 0.717) is 22.8 Å². The quantitative estimate of drug-likeness (QED) is 0.789. The lowest BCUT2D eigenvalue weighted by atomic mass is 9.97. The van der Waals surface area contributed by atoms with Crippen LogP contribution in [0, 0.1) is 6.92 Å². The Labute approximate surface area is 124 Å². The van der Waals surface area contributed by atoms with Crippen LogP contribution in [-0.2, 0) is 0 Å². The van der Waals surface area contributed by atoms with Gasteiger partial charge in [0.2, 0.25) is 5.75 Å². The Morgan fingerprint density at radius 2 is 1.57 bits per heavy atom. The van der Waals surface area contributed by atoms with Crippen molar-refractivity contribution >= 4 is 6.29 Å². The normalized spacial score (nSPS) is 10.1. The highest BCUT2D eigenvalue weighted by atomic mass is 16.5. The Bertz CT molecular complexity index is 662. The van der Waals surface area contributed by atoms with E-state index >= 15 is 0 Å². The fourth-order valence-corrected chi connectivity index (χ4v) is 2.32. The molecule has 0 N–H and O–H groups in total. The number of methoxy groups -OCH3 is 3. The molecule has 0 aromatic heterocycles. The Kier molecular flexibility index (Phi) is 4.48. The van der Waals surface area contributed by atoms with Crippen LogP contribution in [0.3, 0.4) is 0 Å². The topological polar surface area (TPSA) is 44.8 Å². The third-order valence-electron chi connectivity index (χ3n) is 3.33. The van der Waals surface area contributed by atoms with E-state index in [0.717, 1.165) is 23.0 Å². The van der Waals surface area contributed by atoms with Crippen LogP contribution in [-0.4, -0.2) is 27.6 Å². The highest BCUT2D eigenvalue weighted by molar-refractivity contribution is 5.90. The van der Waals surface area contributed by atoms with Gasteiger partial charge in [-0.2, -0.15) is 0 Å². The largest absolute Gasteiger partial charge is 0.493 e. The van der Waals surface area contributed by atoms with Crippen molar-refractivity contribution < 1.29 is 19.0 Å². The predicted molar refractivity (Wildman–Crippen MR) is 81.7 cm³/mol. The van der Waals surface area contributed by atoms with Crippen molar-refractivity contribution in [2.24, 2.45) is 0 Å². The zero-order valence-corrected chi connectivity index (χ0v) is 12.6. The average Bonchev–Trinajstić information content (AvgIpc) is 2.53. The Hall–Kier alpha value is -2.49. The number of ether oxygens (including phenoxy) is 3. The molecule has 0 spiro atoms. The number of hydrogen-bond acceptors (Lipinski definition) is 4. The standard InChI is InChI=1S/C17H18O4/c1-11-5-6-12(10-18)14(9-11)13-7-8-15(19-2)17(21-4)16(13)20-3/h5-10H,1-4H3. The molecule has 21 heavy (non-hydrogen) atoms. The lowest BCUT2D eigenvalue weighted by Gasteiger charge is -2.17. The number of carbonyl (C=O) groups is 1. The molecule has 0 heterocycles. The highest BCUT2D eigenvalue weighted by Crippen LogP contribution is 2.44. The number of aldehydes is 1.